The van der Waals surface area contributed by atoms with E-state index in [4.69, 9.17) is 24.9 Å². The normalized spacial score (nSPS) is 11.6. The summed E-state index contributed by atoms with van der Waals surface area (Å²) in [6.45, 7) is -0.0104. The number of hydrogen-bond donors (Lipinski definition) is 1. The Morgan fingerprint density at radius 3 is 2.66 bits per heavy atom. The van der Waals surface area contributed by atoms with Crippen LogP contribution >= 0.6 is 11.6 Å². The zero-order valence-corrected chi connectivity index (χ0v) is 21.6. The van der Waals surface area contributed by atoms with Crippen molar-refractivity contribution in [3.05, 3.63) is 101 Å². The quantitative estimate of drug-likeness (QED) is 0.207. The monoisotopic (exact) mass is 553 g/mol. The Kier molecular flexibility index (Phi) is 7.28. The molecule has 5 rings (SSSR count). The number of furan rings is 1. The predicted octanol–water partition coefficient (Wildman–Crippen LogP) is 6.48. The zero-order chi connectivity index (χ0) is 26.7. The van der Waals surface area contributed by atoms with E-state index < -0.39 is 10.1 Å². The maximum Gasteiger partial charge on any atom is 0.264 e. The van der Waals surface area contributed by atoms with Crippen LogP contribution in [0.15, 0.2) is 83.5 Å². The molecule has 2 aromatic heterocycles. The number of hydrogen-bond acceptors (Lipinski definition) is 8. The lowest BCUT2D eigenvalue weighted by Crippen LogP contribution is -2.01. The Morgan fingerprint density at radius 2 is 1.87 bits per heavy atom. The number of fused-ring (bicyclic) bond motifs is 1. The van der Waals surface area contributed by atoms with Crippen LogP contribution in [0.5, 0.6) is 5.75 Å². The fraction of sp³-hybridized carbons (Fsp3) is 0.111. The summed E-state index contributed by atoms with van der Waals surface area (Å²) in [6.07, 6.45) is 2.44. The minimum absolute atomic E-state index is 0.179. The van der Waals surface area contributed by atoms with Gasteiger partial charge < -0.3 is 14.5 Å². The van der Waals surface area contributed by atoms with Gasteiger partial charge in [-0.25, -0.2) is 14.4 Å². The first-order valence-corrected chi connectivity index (χ1v) is 13.5. The van der Waals surface area contributed by atoms with E-state index in [2.05, 4.69) is 15.3 Å². The van der Waals surface area contributed by atoms with Gasteiger partial charge >= 0.3 is 0 Å². The summed E-state index contributed by atoms with van der Waals surface area (Å²) >= 11 is 6.44. The van der Waals surface area contributed by atoms with Gasteiger partial charge in [-0.05, 0) is 66.2 Å². The smallest absolute Gasteiger partial charge is 0.264 e. The topological polar surface area (TPSA) is 104 Å². The van der Waals surface area contributed by atoms with E-state index in [1.807, 2.05) is 18.2 Å². The molecule has 2 heterocycles. The Balaban J connectivity index is 1.34. The van der Waals surface area contributed by atoms with E-state index >= 15 is 0 Å². The molecular formula is C27H21ClFN3O5S. The van der Waals surface area contributed by atoms with Crippen molar-refractivity contribution in [1.29, 1.82) is 0 Å². The first-order valence-electron chi connectivity index (χ1n) is 11.4. The second-order valence-electron chi connectivity index (χ2n) is 8.38. The van der Waals surface area contributed by atoms with E-state index in [0.717, 1.165) is 17.2 Å². The van der Waals surface area contributed by atoms with Crippen LogP contribution in [-0.4, -0.2) is 24.6 Å². The summed E-state index contributed by atoms with van der Waals surface area (Å²) in [4.78, 5) is 8.72. The van der Waals surface area contributed by atoms with Gasteiger partial charge in [0.2, 0.25) is 0 Å². The molecule has 0 fully saturated rings. The van der Waals surface area contributed by atoms with Gasteiger partial charge in [-0.2, -0.15) is 8.42 Å². The number of rotatable bonds is 9. The number of nitrogens with zero attached hydrogens (tertiary/aromatic N) is 2. The molecule has 0 atom stereocenters. The minimum Gasteiger partial charge on any atom is -0.487 e. The average Bonchev–Trinajstić information content (AvgIpc) is 3.36. The van der Waals surface area contributed by atoms with Crippen LogP contribution in [0.25, 0.3) is 22.2 Å². The molecule has 0 spiro atoms. The molecule has 0 radical (unpaired) electrons. The molecule has 194 valence electrons. The highest BCUT2D eigenvalue weighted by molar-refractivity contribution is 7.85. The van der Waals surface area contributed by atoms with Crippen molar-refractivity contribution >= 4 is 44.1 Å². The Morgan fingerprint density at radius 1 is 1.00 bits per heavy atom. The van der Waals surface area contributed by atoms with Gasteiger partial charge in [-0.1, -0.05) is 23.7 Å². The highest BCUT2D eigenvalue weighted by atomic mass is 35.5. The third kappa shape index (κ3) is 6.28. The molecule has 0 amide bonds. The van der Waals surface area contributed by atoms with Crippen molar-refractivity contribution in [3.8, 4) is 17.1 Å². The highest BCUT2D eigenvalue weighted by Gasteiger charge is 2.12. The number of halogens is 2. The van der Waals surface area contributed by atoms with Gasteiger partial charge in [-0.3, -0.25) is 4.18 Å². The van der Waals surface area contributed by atoms with Crippen molar-refractivity contribution in [1.82, 2.24) is 9.97 Å². The molecule has 0 aliphatic rings. The summed E-state index contributed by atoms with van der Waals surface area (Å²) in [5.41, 5.74) is 2.83. The largest absolute Gasteiger partial charge is 0.487 e. The Labute approximate surface area is 223 Å². The lowest BCUT2D eigenvalue weighted by Gasteiger charge is -2.12. The SMILES string of the molecule is CS(=O)(=O)OCc1ccc(-c2ccc3ncnc(Nc4ccc(OCc5cccc(F)c5)c(Cl)c4)c3c2)o1. The minimum atomic E-state index is -3.58. The Hall–Kier alpha value is -3.99. The molecule has 11 heteroatoms. The number of aromatic nitrogens is 2. The maximum absolute atomic E-state index is 13.4. The first-order chi connectivity index (χ1) is 18.2. The summed E-state index contributed by atoms with van der Waals surface area (Å²) < 4.78 is 52.2. The van der Waals surface area contributed by atoms with Gasteiger partial charge in [0, 0.05) is 16.6 Å². The number of ether oxygens (including phenoxy) is 1. The van der Waals surface area contributed by atoms with Crippen LogP contribution in [0, 0.1) is 5.82 Å². The average molecular weight is 554 g/mol. The molecule has 0 saturated heterocycles. The number of nitrogens with one attached hydrogen (secondary N) is 1. The predicted molar refractivity (Wildman–Crippen MR) is 142 cm³/mol. The van der Waals surface area contributed by atoms with Crippen LogP contribution in [0.2, 0.25) is 5.02 Å². The summed E-state index contributed by atoms with van der Waals surface area (Å²) in [5.74, 6) is 1.60. The molecular weight excluding hydrogens is 533 g/mol. The molecule has 0 unspecified atom stereocenters. The zero-order valence-electron chi connectivity index (χ0n) is 20.0. The molecule has 0 bridgehead atoms. The summed E-state index contributed by atoms with van der Waals surface area (Å²) in [5, 5.41) is 4.37. The van der Waals surface area contributed by atoms with Crippen molar-refractivity contribution in [2.24, 2.45) is 0 Å². The van der Waals surface area contributed by atoms with E-state index in [-0.39, 0.29) is 19.0 Å². The van der Waals surface area contributed by atoms with Gasteiger partial charge in [0.1, 0.15) is 48.4 Å². The van der Waals surface area contributed by atoms with Crippen LogP contribution in [0.3, 0.4) is 0 Å². The summed E-state index contributed by atoms with van der Waals surface area (Å²) in [6, 6.07) is 20.4. The van der Waals surface area contributed by atoms with Gasteiger partial charge in [0.05, 0.1) is 16.8 Å². The molecule has 8 nitrogen and oxygen atoms in total. The fourth-order valence-electron chi connectivity index (χ4n) is 3.71. The molecule has 3 aromatic carbocycles. The third-order valence-electron chi connectivity index (χ3n) is 5.47. The van der Waals surface area contributed by atoms with Crippen molar-refractivity contribution in [3.63, 3.8) is 0 Å². The van der Waals surface area contributed by atoms with Crippen LogP contribution in [-0.2, 0) is 27.5 Å². The lowest BCUT2D eigenvalue weighted by molar-refractivity contribution is 0.279. The molecule has 0 aliphatic heterocycles. The van der Waals surface area contributed by atoms with Crippen molar-refractivity contribution in [2.45, 2.75) is 13.2 Å². The second-order valence-corrected chi connectivity index (χ2v) is 10.4. The van der Waals surface area contributed by atoms with Gasteiger partial charge in [0.25, 0.3) is 10.1 Å². The fourth-order valence-corrected chi connectivity index (χ4v) is 4.27. The van der Waals surface area contributed by atoms with Crippen LogP contribution in [0.4, 0.5) is 15.9 Å². The molecule has 5 aromatic rings. The summed E-state index contributed by atoms with van der Waals surface area (Å²) in [7, 11) is -3.58. The number of benzene rings is 3. The second kappa shape index (κ2) is 10.8. The van der Waals surface area contributed by atoms with Gasteiger partial charge in [0.15, 0.2) is 0 Å². The Bertz CT molecular complexity index is 1730. The molecule has 0 aliphatic carbocycles. The van der Waals surface area contributed by atoms with Crippen molar-refractivity contribution < 1.29 is 26.1 Å². The first kappa shape index (κ1) is 25.7. The van der Waals surface area contributed by atoms with Crippen LogP contribution < -0.4 is 10.1 Å². The van der Waals surface area contributed by atoms with E-state index in [1.165, 1.54) is 18.5 Å². The third-order valence-corrected chi connectivity index (χ3v) is 6.32. The molecule has 1 N–H and O–H groups in total. The van der Waals surface area contributed by atoms with Gasteiger partial charge in [-0.15, -0.1) is 0 Å². The standard InChI is InChI=1S/C27H21ClFN3O5S/c1-38(33,34)36-15-21-7-10-25(37-21)18-5-8-24-22(12-18)27(31-16-30-24)32-20-6-9-26(23(28)13-20)35-14-17-3-2-4-19(29)11-17/h2-13,16H,14-15H2,1H3,(H,30,31,32). The lowest BCUT2D eigenvalue weighted by atomic mass is 10.1. The van der Waals surface area contributed by atoms with E-state index in [9.17, 15) is 12.8 Å². The van der Waals surface area contributed by atoms with E-state index in [1.54, 1.807) is 42.5 Å². The van der Waals surface area contributed by atoms with E-state index in [0.29, 0.717) is 44.9 Å². The van der Waals surface area contributed by atoms with Crippen molar-refractivity contribution in [2.75, 3.05) is 11.6 Å². The maximum atomic E-state index is 13.4. The van der Waals surface area contributed by atoms with Crippen LogP contribution in [0.1, 0.15) is 11.3 Å². The molecule has 0 saturated carbocycles. The molecule has 38 heavy (non-hydrogen) atoms. The highest BCUT2D eigenvalue weighted by Crippen LogP contribution is 2.33. The number of anilines is 2.